The monoisotopic (exact) mass is 447 g/mol. The molecule has 32 heavy (non-hydrogen) atoms. The number of nitrogens with one attached hydrogen (secondary N) is 3. The van der Waals surface area contributed by atoms with E-state index < -0.39 is 51.9 Å². The Labute approximate surface area is 186 Å². The van der Waals surface area contributed by atoms with Crippen molar-refractivity contribution < 1.29 is 33.5 Å². The molecule has 0 aromatic carbocycles. The van der Waals surface area contributed by atoms with Gasteiger partial charge >= 0.3 is 5.97 Å². The summed E-state index contributed by atoms with van der Waals surface area (Å²) < 4.78 is 5.14. The second-order valence-electron chi connectivity index (χ2n) is 9.01. The van der Waals surface area contributed by atoms with Gasteiger partial charge in [0.2, 0.25) is 17.7 Å². The minimum Gasteiger partial charge on any atom is -0.464 e. The molecule has 3 N–H and O–H groups in total. The molecule has 0 unspecified atom stereocenters. The van der Waals surface area contributed by atoms with Crippen LogP contribution in [-0.2, 0) is 33.5 Å². The van der Waals surface area contributed by atoms with Crippen LogP contribution in [0.5, 0.6) is 0 Å². The summed E-state index contributed by atoms with van der Waals surface area (Å²) in [6, 6.07) is 0. The lowest BCUT2D eigenvalue weighted by Crippen LogP contribution is -2.66. The van der Waals surface area contributed by atoms with E-state index in [-0.39, 0.29) is 30.6 Å². The van der Waals surface area contributed by atoms with E-state index in [1.54, 1.807) is 6.92 Å². The fraction of sp³-hybridized carbons (Fsp3) is 0.545. The van der Waals surface area contributed by atoms with Gasteiger partial charge in [-0.2, -0.15) is 0 Å². The maximum absolute atomic E-state index is 13.2. The average Bonchev–Trinajstić information content (AvgIpc) is 3.06. The van der Waals surface area contributed by atoms with Crippen molar-refractivity contribution in [3.63, 3.8) is 0 Å². The minimum atomic E-state index is -1.65. The van der Waals surface area contributed by atoms with E-state index >= 15 is 0 Å². The summed E-state index contributed by atoms with van der Waals surface area (Å²) in [4.78, 5) is 74.6. The molecule has 10 heteroatoms. The van der Waals surface area contributed by atoms with Gasteiger partial charge in [-0.3, -0.25) is 24.0 Å². The molecule has 3 amide bonds. The number of rotatable bonds is 7. The lowest BCUT2D eigenvalue weighted by atomic mass is 9.91. The van der Waals surface area contributed by atoms with Gasteiger partial charge in [0.1, 0.15) is 16.6 Å². The smallest absolute Gasteiger partial charge is 0.332 e. The van der Waals surface area contributed by atoms with Gasteiger partial charge in [0.05, 0.1) is 6.61 Å². The first-order chi connectivity index (χ1) is 14.6. The van der Waals surface area contributed by atoms with E-state index in [9.17, 15) is 28.8 Å². The van der Waals surface area contributed by atoms with Crippen molar-refractivity contribution in [1.82, 2.24) is 16.0 Å². The van der Waals surface area contributed by atoms with Crippen LogP contribution in [0.25, 0.3) is 0 Å². The largest absolute Gasteiger partial charge is 0.464 e. The molecule has 0 fully saturated rings. The number of hydrogen-bond donors (Lipinski definition) is 3. The maximum atomic E-state index is 13.2. The van der Waals surface area contributed by atoms with Crippen molar-refractivity contribution in [2.24, 2.45) is 0 Å². The van der Waals surface area contributed by atoms with Crippen molar-refractivity contribution in [2.45, 2.75) is 71.0 Å². The zero-order valence-corrected chi connectivity index (χ0v) is 19.1. The van der Waals surface area contributed by atoms with Gasteiger partial charge in [0.15, 0.2) is 11.6 Å². The Balaban J connectivity index is 2.27. The molecule has 0 saturated heterocycles. The molecule has 2 rings (SSSR count). The highest BCUT2D eigenvalue weighted by molar-refractivity contribution is 6.22. The number of carbonyl (C=O) groups is 6. The number of esters is 1. The fourth-order valence-corrected chi connectivity index (χ4v) is 3.62. The predicted molar refractivity (Wildman–Crippen MR) is 113 cm³/mol. The molecule has 10 nitrogen and oxygen atoms in total. The zero-order valence-electron chi connectivity index (χ0n) is 19.1. The molecule has 0 aromatic heterocycles. The summed E-state index contributed by atoms with van der Waals surface area (Å²) in [5.41, 5.74) is -4.11. The van der Waals surface area contributed by atoms with Crippen LogP contribution in [-0.4, -0.2) is 58.5 Å². The Morgan fingerprint density at radius 2 is 1.38 bits per heavy atom. The van der Waals surface area contributed by atoms with Crippen molar-refractivity contribution in [2.75, 3.05) is 6.61 Å². The van der Waals surface area contributed by atoms with Crippen LogP contribution in [0.15, 0.2) is 23.3 Å². The predicted octanol–water partition coefficient (Wildman–Crippen LogP) is 0.0124. The molecular formula is C22H29N3O7. The molecule has 0 saturated carbocycles. The van der Waals surface area contributed by atoms with E-state index in [2.05, 4.69) is 16.0 Å². The van der Waals surface area contributed by atoms with Crippen LogP contribution in [0.1, 0.15) is 54.4 Å². The third kappa shape index (κ3) is 4.95. The zero-order chi connectivity index (χ0) is 24.5. The Morgan fingerprint density at radius 3 is 1.81 bits per heavy atom. The molecule has 2 aliphatic carbocycles. The number of hydrogen-bond acceptors (Lipinski definition) is 7. The lowest BCUT2D eigenvalue weighted by Gasteiger charge is -2.35. The van der Waals surface area contributed by atoms with E-state index in [1.807, 2.05) is 0 Å². The average molecular weight is 447 g/mol. The van der Waals surface area contributed by atoms with E-state index in [0.717, 1.165) is 12.2 Å². The minimum absolute atomic E-state index is 0.0340. The normalized spacial score (nSPS) is 17.6. The molecule has 0 atom stereocenters. The molecule has 0 radical (unpaired) electrons. The number of allylic oxidation sites excluding steroid dienone is 2. The topological polar surface area (TPSA) is 148 Å². The second-order valence-corrected chi connectivity index (χ2v) is 9.01. The highest BCUT2D eigenvalue weighted by atomic mass is 16.5. The summed E-state index contributed by atoms with van der Waals surface area (Å²) in [7, 11) is 0. The first-order valence-corrected chi connectivity index (χ1v) is 10.2. The fourth-order valence-electron chi connectivity index (χ4n) is 3.62. The van der Waals surface area contributed by atoms with Crippen molar-refractivity contribution in [3.8, 4) is 0 Å². The highest BCUT2D eigenvalue weighted by Gasteiger charge is 2.52. The van der Waals surface area contributed by atoms with Gasteiger partial charge in [-0.1, -0.05) is 0 Å². The van der Waals surface area contributed by atoms with E-state index in [1.165, 1.54) is 34.6 Å². The number of carbonyl (C=O) groups excluding carboxylic acids is 6. The first-order valence-electron chi connectivity index (χ1n) is 10.2. The third-order valence-electron chi connectivity index (χ3n) is 5.37. The Morgan fingerprint density at radius 1 is 0.906 bits per heavy atom. The highest BCUT2D eigenvalue weighted by Crippen LogP contribution is 2.39. The molecule has 0 aromatic rings. The molecule has 2 aliphatic rings. The number of amides is 3. The summed E-state index contributed by atoms with van der Waals surface area (Å²) in [6.45, 7) is 8.73. The summed E-state index contributed by atoms with van der Waals surface area (Å²) in [5, 5.41) is 7.68. The summed E-state index contributed by atoms with van der Waals surface area (Å²) in [6.07, 6.45) is 1.89. The van der Waals surface area contributed by atoms with Crippen LogP contribution < -0.4 is 16.0 Å². The third-order valence-corrected chi connectivity index (χ3v) is 5.37. The van der Waals surface area contributed by atoms with Crippen molar-refractivity contribution in [3.05, 3.63) is 23.3 Å². The Bertz CT molecular complexity index is 927. The molecule has 0 bridgehead atoms. The summed E-state index contributed by atoms with van der Waals surface area (Å²) >= 11 is 0. The van der Waals surface area contributed by atoms with Crippen molar-refractivity contribution >= 4 is 35.3 Å². The Kier molecular flexibility index (Phi) is 6.77. The van der Waals surface area contributed by atoms with Gasteiger partial charge in [0.25, 0.3) is 0 Å². The first kappa shape index (κ1) is 25.0. The van der Waals surface area contributed by atoms with Gasteiger partial charge in [-0.25, -0.2) is 4.79 Å². The van der Waals surface area contributed by atoms with Crippen LogP contribution in [0.2, 0.25) is 0 Å². The molecule has 0 aliphatic heterocycles. The lowest BCUT2D eigenvalue weighted by molar-refractivity contribution is -0.154. The number of ether oxygens (including phenoxy) is 1. The second kappa shape index (κ2) is 8.68. The molecule has 0 spiro atoms. The Hall–Kier alpha value is -3.30. The van der Waals surface area contributed by atoms with E-state index in [4.69, 9.17) is 4.74 Å². The van der Waals surface area contributed by atoms with Gasteiger partial charge in [0, 0.05) is 30.9 Å². The van der Waals surface area contributed by atoms with Gasteiger partial charge < -0.3 is 20.7 Å². The maximum Gasteiger partial charge on any atom is 0.332 e. The number of ketones is 2. The van der Waals surface area contributed by atoms with E-state index in [0.29, 0.717) is 0 Å². The van der Waals surface area contributed by atoms with Crippen LogP contribution in [0.3, 0.4) is 0 Å². The molecule has 0 heterocycles. The van der Waals surface area contributed by atoms with Crippen molar-refractivity contribution in [1.29, 1.82) is 0 Å². The summed E-state index contributed by atoms with van der Waals surface area (Å²) in [5.74, 6) is -3.32. The van der Waals surface area contributed by atoms with Crippen LogP contribution >= 0.6 is 0 Å². The molecular weight excluding hydrogens is 418 g/mol. The van der Waals surface area contributed by atoms with Gasteiger partial charge in [-0.05, 0) is 46.8 Å². The molecule has 174 valence electrons. The standard InChI is InChI=1S/C22H29N3O7/c1-7-32-19(31)22(10-13-14(11-22)16(28)9-8-15(13)27)25-18(30)21(5,6)24-17(29)20(3,4)23-12(2)26/h8-9H,7,10-11H2,1-6H3,(H,23,26)(H,24,29)(H,25,30). The van der Waals surface area contributed by atoms with Gasteiger partial charge in [-0.15, -0.1) is 0 Å². The quantitative estimate of drug-likeness (QED) is 0.368. The SMILES string of the molecule is CCOC(=O)C1(NC(=O)C(C)(C)NC(=O)C(C)(C)NC(C)=O)CC2=C(C1)C(=O)C=CC2=O. The van der Waals surface area contributed by atoms with Crippen LogP contribution in [0.4, 0.5) is 0 Å². The van der Waals surface area contributed by atoms with Crippen LogP contribution in [0, 0.1) is 0 Å².